The predicted molar refractivity (Wildman–Crippen MR) is 101 cm³/mol. The molecule has 0 spiro atoms. The molecule has 1 aliphatic rings. The maximum absolute atomic E-state index is 13.5. The van der Waals surface area contributed by atoms with E-state index in [-0.39, 0.29) is 49.1 Å². The van der Waals surface area contributed by atoms with Gasteiger partial charge in [0.15, 0.2) is 0 Å². The Bertz CT molecular complexity index is 675. The van der Waals surface area contributed by atoms with Crippen molar-refractivity contribution in [2.75, 3.05) is 31.5 Å². The highest BCUT2D eigenvalue weighted by molar-refractivity contribution is 5.92. The molecule has 1 aromatic heterocycles. The van der Waals surface area contributed by atoms with Crippen LogP contribution in [0.15, 0.2) is 48.8 Å². The molecule has 1 amide bonds. The Balaban J connectivity index is 0.00000156. The molecule has 1 saturated heterocycles. The summed E-state index contributed by atoms with van der Waals surface area (Å²) in [7, 11) is 0. The molecule has 2 heterocycles. The van der Waals surface area contributed by atoms with E-state index in [2.05, 4.69) is 20.5 Å². The molecule has 1 atom stereocenters. The van der Waals surface area contributed by atoms with E-state index in [1.165, 1.54) is 12.1 Å². The molecule has 1 aliphatic heterocycles. The van der Waals surface area contributed by atoms with E-state index < -0.39 is 0 Å². The third-order valence-electron chi connectivity index (χ3n) is 3.90. The van der Waals surface area contributed by atoms with Crippen LogP contribution in [-0.4, -0.2) is 42.0 Å². The van der Waals surface area contributed by atoms with Crippen molar-refractivity contribution in [2.45, 2.75) is 6.04 Å². The van der Waals surface area contributed by atoms with Crippen molar-refractivity contribution in [2.24, 2.45) is 0 Å². The highest BCUT2D eigenvalue weighted by Crippen LogP contribution is 2.22. The standard InChI is InChI=1S/C17H19FN4O.2ClH/c18-14-3-1-2-13(10-14)16-11-20-8-9-22(16)12-17(23)21-15-4-6-19-7-5-15;;/h1-7,10,16,20H,8-9,11-12H2,(H,19,21,23);2*1H. The summed E-state index contributed by atoms with van der Waals surface area (Å²) in [6.07, 6.45) is 3.27. The second-order valence-electron chi connectivity index (χ2n) is 5.53. The molecular weight excluding hydrogens is 366 g/mol. The number of nitrogens with zero attached hydrogens (tertiary/aromatic N) is 2. The van der Waals surface area contributed by atoms with E-state index >= 15 is 0 Å². The van der Waals surface area contributed by atoms with Crippen LogP contribution in [0, 0.1) is 5.82 Å². The molecule has 5 nitrogen and oxygen atoms in total. The average molecular weight is 387 g/mol. The van der Waals surface area contributed by atoms with Crippen molar-refractivity contribution in [1.29, 1.82) is 0 Å². The number of piperazine rings is 1. The Morgan fingerprint density at radius 3 is 2.76 bits per heavy atom. The fourth-order valence-corrected chi connectivity index (χ4v) is 2.80. The zero-order valence-electron chi connectivity index (χ0n) is 13.5. The molecule has 25 heavy (non-hydrogen) atoms. The number of pyridine rings is 1. The molecule has 2 aromatic rings. The van der Waals surface area contributed by atoms with Gasteiger partial charge >= 0.3 is 0 Å². The Morgan fingerprint density at radius 1 is 1.28 bits per heavy atom. The minimum Gasteiger partial charge on any atom is -0.325 e. The van der Waals surface area contributed by atoms with E-state index in [0.29, 0.717) is 6.54 Å². The van der Waals surface area contributed by atoms with Gasteiger partial charge in [-0.2, -0.15) is 0 Å². The maximum atomic E-state index is 13.5. The minimum absolute atomic E-state index is 0. The molecule has 0 saturated carbocycles. The fourth-order valence-electron chi connectivity index (χ4n) is 2.80. The highest BCUT2D eigenvalue weighted by Gasteiger charge is 2.25. The third kappa shape index (κ3) is 5.93. The minimum atomic E-state index is -0.255. The van der Waals surface area contributed by atoms with E-state index in [9.17, 15) is 9.18 Å². The van der Waals surface area contributed by atoms with E-state index in [4.69, 9.17) is 0 Å². The zero-order chi connectivity index (χ0) is 16.1. The van der Waals surface area contributed by atoms with Gasteiger partial charge in [-0.15, -0.1) is 24.8 Å². The molecule has 136 valence electrons. The number of halogens is 3. The molecule has 1 aromatic carbocycles. The Hall–Kier alpha value is -1.73. The van der Waals surface area contributed by atoms with Gasteiger partial charge in [0.05, 0.1) is 6.54 Å². The van der Waals surface area contributed by atoms with Crippen molar-refractivity contribution in [3.8, 4) is 0 Å². The number of hydrogen-bond donors (Lipinski definition) is 2. The number of nitrogens with one attached hydrogen (secondary N) is 2. The lowest BCUT2D eigenvalue weighted by Gasteiger charge is -2.36. The highest BCUT2D eigenvalue weighted by atomic mass is 35.5. The lowest BCUT2D eigenvalue weighted by atomic mass is 10.0. The molecular formula is C17H21Cl2FN4O. The van der Waals surface area contributed by atoms with E-state index in [1.54, 1.807) is 30.6 Å². The van der Waals surface area contributed by atoms with Crippen molar-refractivity contribution in [3.63, 3.8) is 0 Å². The Kier molecular flexibility index (Phi) is 8.78. The molecule has 0 radical (unpaired) electrons. The average Bonchev–Trinajstić information content (AvgIpc) is 2.56. The van der Waals surface area contributed by atoms with Crippen LogP contribution < -0.4 is 10.6 Å². The molecule has 8 heteroatoms. The van der Waals surface area contributed by atoms with Gasteiger partial charge in [0.1, 0.15) is 5.82 Å². The normalized spacial score (nSPS) is 17.1. The first-order valence-electron chi connectivity index (χ1n) is 7.62. The summed E-state index contributed by atoms with van der Waals surface area (Å²) in [5, 5.41) is 6.16. The lowest BCUT2D eigenvalue weighted by molar-refractivity contribution is -0.118. The lowest BCUT2D eigenvalue weighted by Crippen LogP contribution is -2.48. The number of anilines is 1. The van der Waals surface area contributed by atoms with Crippen LogP contribution in [0.5, 0.6) is 0 Å². The van der Waals surface area contributed by atoms with Gasteiger partial charge in [-0.3, -0.25) is 14.7 Å². The van der Waals surface area contributed by atoms with Crippen LogP contribution in [0.3, 0.4) is 0 Å². The summed E-state index contributed by atoms with van der Waals surface area (Å²) in [4.78, 5) is 18.3. The molecule has 1 fully saturated rings. The molecule has 1 unspecified atom stereocenters. The van der Waals surface area contributed by atoms with Crippen molar-refractivity contribution in [3.05, 3.63) is 60.2 Å². The topological polar surface area (TPSA) is 57.3 Å². The third-order valence-corrected chi connectivity index (χ3v) is 3.90. The first-order valence-corrected chi connectivity index (χ1v) is 7.62. The van der Waals surface area contributed by atoms with Crippen molar-refractivity contribution < 1.29 is 9.18 Å². The molecule has 0 bridgehead atoms. The zero-order valence-corrected chi connectivity index (χ0v) is 15.2. The van der Waals surface area contributed by atoms with Crippen molar-refractivity contribution >= 4 is 36.4 Å². The van der Waals surface area contributed by atoms with Gasteiger partial charge in [0, 0.05) is 43.8 Å². The fraction of sp³-hybridized carbons (Fsp3) is 0.294. The van der Waals surface area contributed by atoms with Gasteiger partial charge in [-0.1, -0.05) is 12.1 Å². The summed E-state index contributed by atoms with van der Waals surface area (Å²) in [6.45, 7) is 2.52. The number of hydrogen-bond acceptors (Lipinski definition) is 4. The largest absolute Gasteiger partial charge is 0.325 e. The second-order valence-corrected chi connectivity index (χ2v) is 5.53. The first-order chi connectivity index (χ1) is 11.2. The van der Waals surface area contributed by atoms with Crippen molar-refractivity contribution in [1.82, 2.24) is 15.2 Å². The van der Waals surface area contributed by atoms with E-state index in [1.807, 2.05) is 6.07 Å². The molecule has 0 aliphatic carbocycles. The van der Waals surface area contributed by atoms with Crippen LogP contribution in [0.1, 0.15) is 11.6 Å². The van der Waals surface area contributed by atoms with Crippen LogP contribution in [0.4, 0.5) is 10.1 Å². The van der Waals surface area contributed by atoms with Crippen LogP contribution in [0.25, 0.3) is 0 Å². The van der Waals surface area contributed by atoms with Gasteiger partial charge in [-0.05, 0) is 29.8 Å². The summed E-state index contributed by atoms with van der Waals surface area (Å²) in [5.74, 6) is -0.339. The van der Waals surface area contributed by atoms with Crippen LogP contribution in [0.2, 0.25) is 0 Å². The van der Waals surface area contributed by atoms with Crippen LogP contribution >= 0.6 is 24.8 Å². The Labute approximate surface area is 158 Å². The monoisotopic (exact) mass is 386 g/mol. The number of aromatic nitrogens is 1. The van der Waals surface area contributed by atoms with Gasteiger partial charge < -0.3 is 10.6 Å². The first kappa shape index (κ1) is 21.3. The quantitative estimate of drug-likeness (QED) is 0.847. The maximum Gasteiger partial charge on any atom is 0.238 e. The number of amides is 1. The number of carbonyl (C=O) groups excluding carboxylic acids is 1. The summed E-state index contributed by atoms with van der Waals surface area (Å²) in [5.41, 5.74) is 1.61. The van der Waals surface area contributed by atoms with E-state index in [0.717, 1.165) is 24.3 Å². The summed E-state index contributed by atoms with van der Waals surface area (Å²) < 4.78 is 13.5. The smallest absolute Gasteiger partial charge is 0.238 e. The molecule has 3 rings (SSSR count). The number of rotatable bonds is 4. The number of benzene rings is 1. The molecule has 2 N–H and O–H groups in total. The predicted octanol–water partition coefficient (Wildman–Crippen LogP) is 2.65. The SMILES string of the molecule is Cl.Cl.O=C(CN1CCNCC1c1cccc(F)c1)Nc1ccncc1. The van der Waals surface area contributed by atoms with Gasteiger partial charge in [0.2, 0.25) is 5.91 Å². The number of carbonyl (C=O) groups is 1. The second kappa shape index (κ2) is 10.3. The van der Waals surface area contributed by atoms with Crippen LogP contribution in [-0.2, 0) is 4.79 Å². The Morgan fingerprint density at radius 2 is 2.04 bits per heavy atom. The summed E-state index contributed by atoms with van der Waals surface area (Å²) >= 11 is 0. The van der Waals surface area contributed by atoms with Gasteiger partial charge in [0.25, 0.3) is 0 Å². The van der Waals surface area contributed by atoms with Gasteiger partial charge in [-0.25, -0.2) is 4.39 Å². The summed E-state index contributed by atoms with van der Waals surface area (Å²) in [6, 6.07) is 10.1.